The zero-order chi connectivity index (χ0) is 11.4. The minimum absolute atomic E-state index is 0.0375. The van der Waals surface area contributed by atoms with Crippen molar-refractivity contribution in [3.8, 4) is 0 Å². The van der Waals surface area contributed by atoms with Gasteiger partial charge >= 0.3 is 89.4 Å². The SMILES string of the molecule is CCN(CC)P(F)(F)(Cl)ON=C(F)Cl. The number of oxime groups is 1. The van der Waals surface area contributed by atoms with Gasteiger partial charge in [0, 0.05) is 0 Å². The van der Waals surface area contributed by atoms with Gasteiger partial charge in [0.15, 0.2) is 0 Å². The number of hydrogen-bond donors (Lipinski definition) is 0. The Hall–Kier alpha value is 0.230. The first-order chi connectivity index (χ1) is 6.21. The van der Waals surface area contributed by atoms with Crippen LogP contribution in [0.3, 0.4) is 0 Å². The number of hydrogen-bond acceptors (Lipinski definition) is 3. The standard InChI is InChI=1S/C5H10Cl2F3N2OP/c1-3-12(4-2)14(7,9,10)13-11-5(6)8/h3-4H2,1-2H3. The van der Waals surface area contributed by atoms with E-state index in [-0.39, 0.29) is 13.1 Å². The molecule has 9 heteroatoms. The predicted molar refractivity (Wildman–Crippen MR) is 53.4 cm³/mol. The first-order valence-electron chi connectivity index (χ1n) is 3.72. The second-order valence-corrected chi connectivity index (χ2v) is 6.35. The molecule has 0 aromatic rings. The van der Waals surface area contributed by atoms with Crippen molar-refractivity contribution < 1.29 is 17.4 Å². The second-order valence-electron chi connectivity index (χ2n) is 2.26. The van der Waals surface area contributed by atoms with E-state index >= 15 is 0 Å². The zero-order valence-electron chi connectivity index (χ0n) is 7.55. The van der Waals surface area contributed by atoms with Crippen molar-refractivity contribution in [2.24, 2.45) is 5.16 Å². The van der Waals surface area contributed by atoms with Gasteiger partial charge in [-0.15, -0.1) is 0 Å². The first-order valence-corrected chi connectivity index (χ1v) is 6.89. The van der Waals surface area contributed by atoms with Crippen molar-refractivity contribution in [2.75, 3.05) is 13.1 Å². The van der Waals surface area contributed by atoms with Gasteiger partial charge in [-0.1, -0.05) is 0 Å². The quantitative estimate of drug-likeness (QED) is 0.427. The molecule has 0 atom stereocenters. The summed E-state index contributed by atoms with van der Waals surface area (Å²) in [6, 6.07) is 0. The van der Waals surface area contributed by atoms with E-state index in [0.29, 0.717) is 4.67 Å². The van der Waals surface area contributed by atoms with E-state index in [1.807, 2.05) is 0 Å². The Labute approximate surface area is 89.9 Å². The summed E-state index contributed by atoms with van der Waals surface area (Å²) in [6.07, 6.45) is 0. The fraction of sp³-hybridized carbons (Fsp3) is 0.800. The molecule has 0 aliphatic rings. The van der Waals surface area contributed by atoms with Crippen molar-refractivity contribution in [1.82, 2.24) is 4.67 Å². The molecular weight excluding hydrogens is 263 g/mol. The summed E-state index contributed by atoms with van der Waals surface area (Å²) in [4.78, 5) is 0. The van der Waals surface area contributed by atoms with Crippen molar-refractivity contribution in [3.05, 3.63) is 0 Å². The molecule has 0 radical (unpaired) electrons. The van der Waals surface area contributed by atoms with Crippen LogP contribution in [0.15, 0.2) is 5.16 Å². The average Bonchev–Trinajstić information content (AvgIpc) is 2.02. The van der Waals surface area contributed by atoms with Crippen molar-refractivity contribution in [2.45, 2.75) is 13.8 Å². The van der Waals surface area contributed by atoms with Crippen molar-refractivity contribution >= 4 is 35.2 Å². The maximum atomic E-state index is 13.4. The molecule has 0 aliphatic heterocycles. The molecule has 0 saturated heterocycles. The topological polar surface area (TPSA) is 24.8 Å². The monoisotopic (exact) mass is 272 g/mol. The molecular formula is C5H10Cl2F3N2OP. The summed E-state index contributed by atoms with van der Waals surface area (Å²) < 4.78 is 43.0. The van der Waals surface area contributed by atoms with Gasteiger partial charge in [-0.05, 0) is 0 Å². The number of nitrogens with zero attached hydrogens (tertiary/aromatic N) is 2. The maximum absolute atomic E-state index is 13.4. The third kappa shape index (κ3) is 4.17. The van der Waals surface area contributed by atoms with Crippen LogP contribution in [0.5, 0.6) is 0 Å². The van der Waals surface area contributed by atoms with Crippen LogP contribution in [-0.4, -0.2) is 23.2 Å². The number of rotatable bonds is 5. The molecule has 0 N–H and O–H groups in total. The fourth-order valence-corrected chi connectivity index (χ4v) is 2.80. The van der Waals surface area contributed by atoms with Gasteiger partial charge in [0.05, 0.1) is 0 Å². The molecule has 0 spiro atoms. The van der Waals surface area contributed by atoms with E-state index in [0.717, 1.165) is 0 Å². The zero-order valence-corrected chi connectivity index (χ0v) is 9.96. The summed E-state index contributed by atoms with van der Waals surface area (Å²) >= 11 is 9.58. The van der Waals surface area contributed by atoms with Crippen molar-refractivity contribution in [1.29, 1.82) is 0 Å². The van der Waals surface area contributed by atoms with Crippen molar-refractivity contribution in [3.63, 3.8) is 0 Å². The Balaban J connectivity index is 4.73. The third-order valence-electron chi connectivity index (χ3n) is 1.41. The summed E-state index contributed by atoms with van der Waals surface area (Å²) in [7, 11) is 0. The molecule has 3 nitrogen and oxygen atoms in total. The molecule has 0 saturated carbocycles. The van der Waals surface area contributed by atoms with E-state index < -0.39 is 12.4 Å². The Kier molecular flexibility index (Phi) is 4.91. The molecule has 0 bridgehead atoms. The normalized spacial score (nSPS) is 16.6. The van der Waals surface area contributed by atoms with Gasteiger partial charge < -0.3 is 0 Å². The molecule has 0 amide bonds. The van der Waals surface area contributed by atoms with Crippen LogP contribution in [0.4, 0.5) is 12.8 Å². The average molecular weight is 273 g/mol. The third-order valence-corrected chi connectivity index (χ3v) is 4.08. The van der Waals surface area contributed by atoms with Crippen LogP contribution in [0.2, 0.25) is 0 Å². The van der Waals surface area contributed by atoms with E-state index in [1.54, 1.807) is 0 Å². The molecule has 0 unspecified atom stereocenters. The summed E-state index contributed by atoms with van der Waals surface area (Å²) in [6.45, 7) is -3.21. The fourth-order valence-electron chi connectivity index (χ4n) is 0.807. The molecule has 14 heavy (non-hydrogen) atoms. The molecule has 0 aromatic carbocycles. The van der Waals surface area contributed by atoms with Gasteiger partial charge in [0.1, 0.15) is 0 Å². The van der Waals surface area contributed by atoms with E-state index in [2.05, 4.69) is 21.4 Å². The summed E-state index contributed by atoms with van der Waals surface area (Å²) in [5.74, 6) is 0. The van der Waals surface area contributed by atoms with Gasteiger partial charge in [0.25, 0.3) is 0 Å². The van der Waals surface area contributed by atoms with Crippen LogP contribution in [0.1, 0.15) is 13.8 Å². The summed E-state index contributed by atoms with van der Waals surface area (Å²) in [5.41, 5.74) is -1.62. The predicted octanol–water partition coefficient (Wildman–Crippen LogP) is 4.13. The Morgan fingerprint density at radius 2 is 1.86 bits per heavy atom. The van der Waals surface area contributed by atoms with Gasteiger partial charge in [-0.2, -0.15) is 0 Å². The van der Waals surface area contributed by atoms with E-state index in [1.165, 1.54) is 13.8 Å². The molecule has 0 rings (SSSR count). The number of halogens is 5. The van der Waals surface area contributed by atoms with E-state index in [4.69, 9.17) is 11.2 Å². The van der Waals surface area contributed by atoms with Crippen LogP contribution in [0, 0.1) is 0 Å². The Morgan fingerprint density at radius 1 is 1.43 bits per heavy atom. The van der Waals surface area contributed by atoms with Gasteiger partial charge in [-0.25, -0.2) is 0 Å². The molecule has 86 valence electrons. The first kappa shape index (κ1) is 14.2. The van der Waals surface area contributed by atoms with Gasteiger partial charge in [0.2, 0.25) is 0 Å². The molecule has 0 heterocycles. The van der Waals surface area contributed by atoms with E-state index in [9.17, 15) is 12.8 Å². The molecule has 0 fully saturated rings. The van der Waals surface area contributed by atoms with Gasteiger partial charge in [-0.3, -0.25) is 0 Å². The molecule has 0 aliphatic carbocycles. The Bertz CT molecular complexity index is 225. The van der Waals surface area contributed by atoms with Crippen LogP contribution in [0.25, 0.3) is 0 Å². The summed E-state index contributed by atoms with van der Waals surface area (Å²) in [5, 5.41) is 2.33. The molecule has 0 aromatic heterocycles. The van der Waals surface area contributed by atoms with Crippen LogP contribution >= 0.6 is 29.8 Å². The van der Waals surface area contributed by atoms with Crippen LogP contribution < -0.4 is 0 Å². The minimum atomic E-state index is -6.07. The second kappa shape index (κ2) is 4.84. The van der Waals surface area contributed by atoms with Crippen LogP contribution in [-0.2, 0) is 4.62 Å². The Morgan fingerprint density at radius 3 is 2.14 bits per heavy atom.